The molecular weight excluding hydrogens is 332 g/mol. The van der Waals surface area contributed by atoms with Gasteiger partial charge in [-0.25, -0.2) is 4.79 Å². The van der Waals surface area contributed by atoms with Gasteiger partial charge in [-0.15, -0.1) is 0 Å². The summed E-state index contributed by atoms with van der Waals surface area (Å²) in [5, 5.41) is 5.84. The molecule has 7 heteroatoms. The summed E-state index contributed by atoms with van der Waals surface area (Å²) < 4.78 is 15.6. The molecule has 2 amide bonds. The van der Waals surface area contributed by atoms with Crippen molar-refractivity contribution in [3.63, 3.8) is 0 Å². The molecule has 0 radical (unpaired) electrons. The number of amides is 2. The van der Waals surface area contributed by atoms with Crippen molar-refractivity contribution in [3.8, 4) is 17.2 Å². The summed E-state index contributed by atoms with van der Waals surface area (Å²) in [5.74, 6) is 1.63. The van der Waals surface area contributed by atoms with E-state index in [1.807, 2.05) is 24.3 Å². The Morgan fingerprint density at radius 2 is 1.67 bits per heavy atom. The van der Waals surface area contributed by atoms with Gasteiger partial charge in [0, 0.05) is 18.2 Å². The molecule has 0 heterocycles. The first-order valence-corrected chi connectivity index (χ1v) is 7.55. The Balaban J connectivity index is 2.06. The van der Waals surface area contributed by atoms with Gasteiger partial charge in [0.25, 0.3) is 0 Å². The van der Waals surface area contributed by atoms with E-state index in [0.29, 0.717) is 34.5 Å². The van der Waals surface area contributed by atoms with Crippen LogP contribution in [0.5, 0.6) is 17.2 Å². The highest BCUT2D eigenvalue weighted by Crippen LogP contribution is 2.35. The van der Waals surface area contributed by atoms with Crippen LogP contribution in [-0.2, 0) is 6.54 Å². The summed E-state index contributed by atoms with van der Waals surface area (Å²) in [6.07, 6.45) is 0. The first kappa shape index (κ1) is 17.7. The predicted molar refractivity (Wildman–Crippen MR) is 93.4 cm³/mol. The third-order valence-electron chi connectivity index (χ3n) is 3.35. The number of benzene rings is 2. The molecule has 0 saturated carbocycles. The van der Waals surface area contributed by atoms with Crippen LogP contribution >= 0.6 is 11.6 Å². The Bertz CT molecular complexity index is 722. The predicted octanol–water partition coefficient (Wildman–Crippen LogP) is 3.69. The van der Waals surface area contributed by atoms with Crippen LogP contribution in [0.15, 0.2) is 36.4 Å². The SMILES string of the molecule is COc1cc(OC)c(NC(=O)NCc2ccccc2OC)cc1Cl. The summed E-state index contributed by atoms with van der Waals surface area (Å²) in [6.45, 7) is 0.321. The average molecular weight is 351 g/mol. The number of carbonyl (C=O) groups is 1. The molecule has 0 unspecified atom stereocenters. The molecule has 0 aliphatic heterocycles. The van der Waals surface area contributed by atoms with E-state index in [1.165, 1.54) is 14.2 Å². The molecule has 24 heavy (non-hydrogen) atoms. The quantitative estimate of drug-likeness (QED) is 0.833. The van der Waals surface area contributed by atoms with Crippen LogP contribution in [0.25, 0.3) is 0 Å². The Morgan fingerprint density at radius 3 is 2.33 bits per heavy atom. The van der Waals surface area contributed by atoms with Crippen LogP contribution in [0.4, 0.5) is 10.5 Å². The number of ether oxygens (including phenoxy) is 3. The van der Waals surface area contributed by atoms with E-state index in [9.17, 15) is 4.79 Å². The Morgan fingerprint density at radius 1 is 1.00 bits per heavy atom. The van der Waals surface area contributed by atoms with Crippen molar-refractivity contribution >= 4 is 23.3 Å². The Hall–Kier alpha value is -2.60. The summed E-state index contributed by atoms with van der Waals surface area (Å²) in [6, 6.07) is 10.3. The number of halogens is 1. The van der Waals surface area contributed by atoms with E-state index in [2.05, 4.69) is 10.6 Å². The zero-order chi connectivity index (χ0) is 17.5. The van der Waals surface area contributed by atoms with Gasteiger partial charge in [0.05, 0.1) is 32.0 Å². The third-order valence-corrected chi connectivity index (χ3v) is 3.65. The second kappa shape index (κ2) is 8.31. The number of para-hydroxylation sites is 1. The maximum absolute atomic E-state index is 12.1. The van der Waals surface area contributed by atoms with Gasteiger partial charge in [-0.3, -0.25) is 0 Å². The van der Waals surface area contributed by atoms with Crippen LogP contribution in [0, 0.1) is 0 Å². The van der Waals surface area contributed by atoms with Crippen molar-refractivity contribution in [3.05, 3.63) is 47.0 Å². The normalized spacial score (nSPS) is 10.0. The highest BCUT2D eigenvalue weighted by molar-refractivity contribution is 6.32. The highest BCUT2D eigenvalue weighted by Gasteiger charge is 2.12. The number of carbonyl (C=O) groups excluding carboxylic acids is 1. The fraction of sp³-hybridized carbons (Fsp3) is 0.235. The number of hydrogen-bond donors (Lipinski definition) is 2. The van der Waals surface area contributed by atoms with Gasteiger partial charge in [0.2, 0.25) is 0 Å². The van der Waals surface area contributed by atoms with Crippen LogP contribution in [0.2, 0.25) is 5.02 Å². The van der Waals surface area contributed by atoms with E-state index in [-0.39, 0.29) is 6.03 Å². The van der Waals surface area contributed by atoms with Crippen molar-refractivity contribution in [1.82, 2.24) is 5.32 Å². The number of urea groups is 1. The van der Waals surface area contributed by atoms with Crippen LogP contribution in [0.1, 0.15) is 5.56 Å². The van der Waals surface area contributed by atoms with Crippen LogP contribution in [0.3, 0.4) is 0 Å². The minimum atomic E-state index is -0.388. The van der Waals surface area contributed by atoms with Crippen molar-refractivity contribution < 1.29 is 19.0 Å². The number of rotatable bonds is 6. The topological polar surface area (TPSA) is 68.8 Å². The summed E-state index contributed by atoms with van der Waals surface area (Å²) in [4.78, 5) is 12.1. The van der Waals surface area contributed by atoms with E-state index < -0.39 is 0 Å². The van der Waals surface area contributed by atoms with Gasteiger partial charge in [0.1, 0.15) is 17.2 Å². The zero-order valence-corrected chi connectivity index (χ0v) is 14.4. The molecule has 0 bridgehead atoms. The Labute approximate surface area is 145 Å². The molecule has 2 aromatic rings. The van der Waals surface area contributed by atoms with Crippen molar-refractivity contribution in [2.45, 2.75) is 6.54 Å². The van der Waals surface area contributed by atoms with Gasteiger partial charge in [-0.1, -0.05) is 29.8 Å². The summed E-state index contributed by atoms with van der Waals surface area (Å²) in [7, 11) is 4.59. The minimum Gasteiger partial charge on any atom is -0.496 e. The lowest BCUT2D eigenvalue weighted by Crippen LogP contribution is -2.28. The van der Waals surface area contributed by atoms with Crippen LogP contribution < -0.4 is 24.8 Å². The second-order valence-corrected chi connectivity index (χ2v) is 5.21. The molecule has 0 spiro atoms. The number of anilines is 1. The van der Waals surface area contributed by atoms with Crippen molar-refractivity contribution in [2.24, 2.45) is 0 Å². The fourth-order valence-electron chi connectivity index (χ4n) is 2.15. The van der Waals surface area contributed by atoms with Gasteiger partial charge in [-0.05, 0) is 12.1 Å². The molecule has 0 aliphatic carbocycles. The maximum atomic E-state index is 12.1. The molecule has 2 rings (SSSR count). The summed E-state index contributed by atoms with van der Waals surface area (Å²) in [5.41, 5.74) is 1.32. The minimum absolute atomic E-state index is 0.321. The van der Waals surface area contributed by atoms with Gasteiger partial charge < -0.3 is 24.8 Å². The fourth-order valence-corrected chi connectivity index (χ4v) is 2.39. The van der Waals surface area contributed by atoms with Crippen molar-refractivity contribution in [2.75, 3.05) is 26.6 Å². The number of nitrogens with one attached hydrogen (secondary N) is 2. The number of methoxy groups -OCH3 is 3. The Kier molecular flexibility index (Phi) is 6.14. The van der Waals surface area contributed by atoms with E-state index >= 15 is 0 Å². The second-order valence-electron chi connectivity index (χ2n) is 4.81. The maximum Gasteiger partial charge on any atom is 0.319 e. The first-order chi connectivity index (χ1) is 11.6. The highest BCUT2D eigenvalue weighted by atomic mass is 35.5. The average Bonchev–Trinajstić information content (AvgIpc) is 2.60. The molecular formula is C17H19ClN2O4. The lowest BCUT2D eigenvalue weighted by molar-refractivity contribution is 0.251. The molecule has 0 atom stereocenters. The number of hydrogen-bond acceptors (Lipinski definition) is 4. The molecule has 0 saturated heterocycles. The summed E-state index contributed by atoms with van der Waals surface area (Å²) >= 11 is 6.09. The largest absolute Gasteiger partial charge is 0.496 e. The zero-order valence-electron chi connectivity index (χ0n) is 13.7. The lowest BCUT2D eigenvalue weighted by atomic mass is 10.2. The van der Waals surface area contributed by atoms with Gasteiger partial charge in [0.15, 0.2) is 0 Å². The van der Waals surface area contributed by atoms with Crippen LogP contribution in [-0.4, -0.2) is 27.4 Å². The third kappa shape index (κ3) is 4.23. The van der Waals surface area contributed by atoms with E-state index in [0.717, 1.165) is 5.56 Å². The molecule has 6 nitrogen and oxygen atoms in total. The van der Waals surface area contributed by atoms with Gasteiger partial charge >= 0.3 is 6.03 Å². The molecule has 2 aromatic carbocycles. The van der Waals surface area contributed by atoms with Gasteiger partial charge in [-0.2, -0.15) is 0 Å². The van der Waals surface area contributed by atoms with Crippen molar-refractivity contribution in [1.29, 1.82) is 0 Å². The smallest absolute Gasteiger partial charge is 0.319 e. The molecule has 2 N–H and O–H groups in total. The molecule has 128 valence electrons. The van der Waals surface area contributed by atoms with E-state index in [4.69, 9.17) is 25.8 Å². The molecule has 0 aromatic heterocycles. The molecule has 0 fully saturated rings. The first-order valence-electron chi connectivity index (χ1n) is 7.17. The monoisotopic (exact) mass is 350 g/mol. The standard InChI is InChI=1S/C17H19ClN2O4/c1-22-14-7-5-4-6-11(14)10-19-17(21)20-13-8-12(18)15(23-2)9-16(13)24-3/h4-9H,10H2,1-3H3,(H2,19,20,21). The lowest BCUT2D eigenvalue weighted by Gasteiger charge is -2.14. The van der Waals surface area contributed by atoms with E-state index in [1.54, 1.807) is 19.2 Å². The molecule has 0 aliphatic rings.